The van der Waals surface area contributed by atoms with Crippen LogP contribution in [0, 0.1) is 0 Å². The van der Waals surface area contributed by atoms with Gasteiger partial charge in [-0.25, -0.2) is 0 Å². The molecule has 1 aliphatic carbocycles. The summed E-state index contributed by atoms with van der Waals surface area (Å²) in [5, 5.41) is 8.89. The Morgan fingerprint density at radius 1 is 1.56 bits per heavy atom. The molecule has 2 nitrogen and oxygen atoms in total. The Labute approximate surface area is 53.5 Å². The Hall–Kier alpha value is -1.05. The molecule has 0 heterocycles. The van der Waals surface area contributed by atoms with Gasteiger partial charge in [-0.2, -0.15) is 0 Å². The van der Waals surface area contributed by atoms with Gasteiger partial charge in [0.2, 0.25) is 0 Å². The SMILES string of the molecule is C=C1CCC(=O)C=C1O. The summed E-state index contributed by atoms with van der Waals surface area (Å²) in [5.41, 5.74) is 0.662. The topological polar surface area (TPSA) is 37.3 Å². The van der Waals surface area contributed by atoms with Crippen LogP contribution in [0.4, 0.5) is 0 Å². The van der Waals surface area contributed by atoms with E-state index in [1.807, 2.05) is 0 Å². The first-order valence-corrected chi connectivity index (χ1v) is 2.82. The molecule has 0 spiro atoms. The third kappa shape index (κ3) is 1.19. The molecule has 9 heavy (non-hydrogen) atoms. The fourth-order valence-electron chi connectivity index (χ4n) is 0.729. The van der Waals surface area contributed by atoms with Crippen LogP contribution in [0.15, 0.2) is 24.0 Å². The summed E-state index contributed by atoms with van der Waals surface area (Å²) in [6, 6.07) is 0. The number of ketones is 1. The summed E-state index contributed by atoms with van der Waals surface area (Å²) in [6.07, 6.45) is 2.32. The van der Waals surface area contributed by atoms with Crippen molar-refractivity contribution in [3.8, 4) is 0 Å². The van der Waals surface area contributed by atoms with Crippen LogP contribution in [0.2, 0.25) is 0 Å². The second-order valence-electron chi connectivity index (χ2n) is 2.10. The number of aliphatic hydroxyl groups is 1. The molecule has 0 aromatic carbocycles. The number of aliphatic hydroxyl groups excluding tert-OH is 1. The standard InChI is InChI=1S/C7H8O2/c1-5-2-3-6(8)4-7(5)9/h4,9H,1-3H2. The van der Waals surface area contributed by atoms with Gasteiger partial charge in [0.15, 0.2) is 5.78 Å². The van der Waals surface area contributed by atoms with E-state index in [0.29, 0.717) is 18.4 Å². The molecule has 0 radical (unpaired) electrons. The first-order chi connectivity index (χ1) is 4.20. The summed E-state index contributed by atoms with van der Waals surface area (Å²) in [7, 11) is 0. The summed E-state index contributed by atoms with van der Waals surface area (Å²) < 4.78 is 0. The van der Waals surface area contributed by atoms with Gasteiger partial charge in [-0.15, -0.1) is 0 Å². The van der Waals surface area contributed by atoms with Crippen molar-refractivity contribution < 1.29 is 9.90 Å². The average Bonchev–Trinajstić information content (AvgIpc) is 1.80. The van der Waals surface area contributed by atoms with Gasteiger partial charge in [-0.3, -0.25) is 4.79 Å². The molecular weight excluding hydrogens is 116 g/mol. The molecule has 0 amide bonds. The van der Waals surface area contributed by atoms with Crippen LogP contribution in [0.1, 0.15) is 12.8 Å². The minimum Gasteiger partial charge on any atom is -0.508 e. The highest BCUT2D eigenvalue weighted by molar-refractivity contribution is 5.92. The van der Waals surface area contributed by atoms with Crippen molar-refractivity contribution in [1.29, 1.82) is 0 Å². The fraction of sp³-hybridized carbons (Fsp3) is 0.286. The monoisotopic (exact) mass is 124 g/mol. The Morgan fingerprint density at radius 3 is 2.67 bits per heavy atom. The fourth-order valence-corrected chi connectivity index (χ4v) is 0.729. The zero-order valence-electron chi connectivity index (χ0n) is 5.05. The van der Waals surface area contributed by atoms with E-state index in [1.54, 1.807) is 0 Å². The Bertz CT molecular complexity index is 189. The molecule has 0 atom stereocenters. The molecule has 0 aromatic rings. The molecule has 2 heteroatoms. The van der Waals surface area contributed by atoms with Crippen LogP contribution < -0.4 is 0 Å². The van der Waals surface area contributed by atoms with Crippen LogP contribution in [-0.4, -0.2) is 10.9 Å². The smallest absolute Gasteiger partial charge is 0.159 e. The molecule has 0 saturated carbocycles. The molecule has 48 valence electrons. The molecule has 0 aliphatic heterocycles. The number of carbonyl (C=O) groups is 1. The Kier molecular flexibility index (Phi) is 1.39. The Morgan fingerprint density at radius 2 is 2.22 bits per heavy atom. The van der Waals surface area contributed by atoms with Crippen molar-refractivity contribution in [3.05, 3.63) is 24.0 Å². The van der Waals surface area contributed by atoms with E-state index in [4.69, 9.17) is 5.11 Å². The lowest BCUT2D eigenvalue weighted by Crippen LogP contribution is -2.03. The van der Waals surface area contributed by atoms with Gasteiger partial charge in [0.25, 0.3) is 0 Å². The quantitative estimate of drug-likeness (QED) is 0.529. The van der Waals surface area contributed by atoms with Crippen LogP contribution in [0.25, 0.3) is 0 Å². The number of hydrogen-bond donors (Lipinski definition) is 1. The molecule has 0 aromatic heterocycles. The lowest BCUT2D eigenvalue weighted by molar-refractivity contribution is -0.114. The summed E-state index contributed by atoms with van der Waals surface area (Å²) >= 11 is 0. The molecule has 0 saturated heterocycles. The molecule has 1 N–H and O–H groups in total. The Balaban J connectivity index is 2.84. The first-order valence-electron chi connectivity index (χ1n) is 2.82. The van der Waals surface area contributed by atoms with Crippen molar-refractivity contribution in [1.82, 2.24) is 0 Å². The third-order valence-corrected chi connectivity index (χ3v) is 1.33. The normalized spacial score (nSPS) is 19.8. The molecule has 1 rings (SSSR count). The third-order valence-electron chi connectivity index (χ3n) is 1.33. The summed E-state index contributed by atoms with van der Waals surface area (Å²) in [4.78, 5) is 10.5. The van der Waals surface area contributed by atoms with E-state index in [2.05, 4.69) is 6.58 Å². The number of hydrogen-bond acceptors (Lipinski definition) is 2. The van der Waals surface area contributed by atoms with Gasteiger partial charge in [0, 0.05) is 12.5 Å². The number of carbonyl (C=O) groups excluding carboxylic acids is 1. The average molecular weight is 124 g/mol. The molecule has 0 fully saturated rings. The van der Waals surface area contributed by atoms with E-state index < -0.39 is 0 Å². The molecule has 1 aliphatic rings. The van der Waals surface area contributed by atoms with E-state index in [0.717, 1.165) is 0 Å². The van der Waals surface area contributed by atoms with Crippen molar-refractivity contribution in [2.24, 2.45) is 0 Å². The minimum absolute atomic E-state index is 0.0140. The van der Waals surface area contributed by atoms with Crippen LogP contribution in [-0.2, 0) is 4.79 Å². The van der Waals surface area contributed by atoms with E-state index in [-0.39, 0.29) is 11.5 Å². The zero-order valence-corrected chi connectivity index (χ0v) is 5.05. The van der Waals surface area contributed by atoms with Gasteiger partial charge in [-0.05, 0) is 12.0 Å². The first kappa shape index (κ1) is 6.08. The number of rotatable bonds is 0. The highest BCUT2D eigenvalue weighted by Crippen LogP contribution is 2.16. The summed E-state index contributed by atoms with van der Waals surface area (Å²) in [5.74, 6) is 0.0335. The summed E-state index contributed by atoms with van der Waals surface area (Å²) in [6.45, 7) is 3.56. The lowest BCUT2D eigenvalue weighted by Gasteiger charge is -2.07. The zero-order chi connectivity index (χ0) is 6.85. The van der Waals surface area contributed by atoms with Gasteiger partial charge in [-0.1, -0.05) is 6.58 Å². The number of allylic oxidation sites excluding steroid dienone is 2. The van der Waals surface area contributed by atoms with Crippen LogP contribution >= 0.6 is 0 Å². The van der Waals surface area contributed by atoms with E-state index in [9.17, 15) is 4.79 Å². The highest BCUT2D eigenvalue weighted by Gasteiger charge is 2.11. The van der Waals surface area contributed by atoms with Crippen molar-refractivity contribution in [2.45, 2.75) is 12.8 Å². The van der Waals surface area contributed by atoms with Gasteiger partial charge >= 0.3 is 0 Å². The second kappa shape index (κ2) is 2.05. The predicted molar refractivity (Wildman–Crippen MR) is 34.1 cm³/mol. The van der Waals surface area contributed by atoms with Crippen molar-refractivity contribution in [2.75, 3.05) is 0 Å². The van der Waals surface area contributed by atoms with Gasteiger partial charge < -0.3 is 5.11 Å². The second-order valence-corrected chi connectivity index (χ2v) is 2.10. The largest absolute Gasteiger partial charge is 0.508 e. The molecule has 0 bridgehead atoms. The van der Waals surface area contributed by atoms with E-state index >= 15 is 0 Å². The maximum atomic E-state index is 10.5. The molecule has 0 unspecified atom stereocenters. The molecular formula is C7H8O2. The minimum atomic E-state index is -0.0140. The highest BCUT2D eigenvalue weighted by atomic mass is 16.3. The van der Waals surface area contributed by atoms with Gasteiger partial charge in [0.05, 0.1) is 0 Å². The maximum absolute atomic E-state index is 10.5. The van der Waals surface area contributed by atoms with Crippen molar-refractivity contribution in [3.63, 3.8) is 0 Å². The lowest BCUT2D eigenvalue weighted by atomic mass is 10.0. The van der Waals surface area contributed by atoms with Crippen LogP contribution in [0.3, 0.4) is 0 Å². The van der Waals surface area contributed by atoms with E-state index in [1.165, 1.54) is 6.08 Å². The van der Waals surface area contributed by atoms with Crippen molar-refractivity contribution >= 4 is 5.78 Å². The predicted octanol–water partition coefficient (Wildman–Crippen LogP) is 1.35. The van der Waals surface area contributed by atoms with Crippen LogP contribution in [0.5, 0.6) is 0 Å². The maximum Gasteiger partial charge on any atom is 0.159 e. The van der Waals surface area contributed by atoms with Gasteiger partial charge in [0.1, 0.15) is 5.76 Å².